The zero-order valence-corrected chi connectivity index (χ0v) is 21.7. The Kier molecular flexibility index (Phi) is 7.83. The largest absolute Gasteiger partial charge is 0.495 e. The van der Waals surface area contributed by atoms with Crippen molar-refractivity contribution in [3.63, 3.8) is 0 Å². The number of carbonyl (C=O) groups excluding carboxylic acids is 2. The molecule has 16 heteroatoms. The molecule has 0 aliphatic rings. The van der Waals surface area contributed by atoms with Crippen molar-refractivity contribution in [2.75, 3.05) is 12.4 Å². The highest BCUT2D eigenvalue weighted by Gasteiger charge is 2.35. The molecule has 2 aromatic heterocycles. The van der Waals surface area contributed by atoms with E-state index in [9.17, 15) is 31.9 Å². The predicted octanol–water partition coefficient (Wildman–Crippen LogP) is 4.35. The number of amides is 2. The fraction of sp³-hybridized carbons (Fsp3) is 0.160. The number of ether oxygens (including phenoxy) is 1. The molecule has 4 aromatic rings. The topological polar surface area (TPSA) is 134 Å². The van der Waals surface area contributed by atoms with Crippen LogP contribution in [0.4, 0.5) is 27.6 Å². The fourth-order valence-corrected chi connectivity index (χ4v) is 4.01. The Morgan fingerprint density at radius 1 is 1.12 bits per heavy atom. The lowest BCUT2D eigenvalue weighted by Crippen LogP contribution is -2.31. The maximum absolute atomic E-state index is 15.4. The number of carbonyl (C=O) groups is 2. The van der Waals surface area contributed by atoms with Gasteiger partial charge in [0.25, 0.3) is 11.5 Å². The number of hydrogen-bond acceptors (Lipinski definition) is 6. The van der Waals surface area contributed by atoms with E-state index in [1.165, 1.54) is 26.2 Å². The summed E-state index contributed by atoms with van der Waals surface area (Å²) < 4.78 is 75.7. The van der Waals surface area contributed by atoms with Crippen molar-refractivity contribution >= 4 is 29.1 Å². The molecule has 4 rings (SSSR count). The summed E-state index contributed by atoms with van der Waals surface area (Å²) in [5, 5.41) is 8.48. The Morgan fingerprint density at radius 3 is 2.41 bits per heavy atom. The summed E-state index contributed by atoms with van der Waals surface area (Å²) in [6.07, 6.45) is -3.20. The molecule has 0 aliphatic carbocycles. The quantitative estimate of drug-likeness (QED) is 0.305. The lowest BCUT2D eigenvalue weighted by Gasteiger charge is -2.19. The molecule has 2 amide bonds. The monoisotopic (exact) mass is 596 g/mol. The van der Waals surface area contributed by atoms with Gasteiger partial charge in [-0.05, 0) is 37.3 Å². The summed E-state index contributed by atoms with van der Waals surface area (Å²) >= 11 is 5.95. The number of nitrogens with one attached hydrogen (secondary N) is 1. The number of rotatable bonds is 7. The molecule has 0 saturated carbocycles. The average Bonchev–Trinajstić information content (AvgIpc) is 3.40. The highest BCUT2D eigenvalue weighted by atomic mass is 35.5. The Hall–Kier alpha value is -4.79. The Morgan fingerprint density at radius 2 is 1.83 bits per heavy atom. The number of nitrogens with zero attached hydrogens (tertiary/aromatic N) is 4. The first-order valence-electron chi connectivity index (χ1n) is 11.4. The summed E-state index contributed by atoms with van der Waals surface area (Å²) in [7, 11) is 1.18. The minimum Gasteiger partial charge on any atom is -0.495 e. The molecule has 0 fully saturated rings. The van der Waals surface area contributed by atoms with Crippen LogP contribution in [-0.4, -0.2) is 38.5 Å². The molecule has 0 bridgehead atoms. The van der Waals surface area contributed by atoms with E-state index in [1.54, 1.807) is 0 Å². The highest BCUT2D eigenvalue weighted by Crippen LogP contribution is 2.38. The molecule has 2 aromatic carbocycles. The smallest absolute Gasteiger partial charge is 0.436 e. The lowest BCUT2D eigenvalue weighted by molar-refractivity contribution is -0.141. The standard InChI is InChI=1S/C25H18ClF5N6O4/c1-11(24(40)33-12-3-4-13(23(32)39)16(27)7-12)36-9-18(41-2)14(8-20(36)38)21-17(6-5-15(26)22(21)28)37-10-19(34-35-37)25(29,30)31/h3-11H,1-2H3,(H2,32,39)(H,33,40)/t11-/m0/s1. The summed E-state index contributed by atoms with van der Waals surface area (Å²) in [5.74, 6) is -3.99. The summed E-state index contributed by atoms with van der Waals surface area (Å²) in [6, 6.07) is 5.13. The normalized spacial score (nSPS) is 12.2. The van der Waals surface area contributed by atoms with Gasteiger partial charge in [-0.2, -0.15) is 13.2 Å². The number of aromatic nitrogens is 4. The van der Waals surface area contributed by atoms with E-state index < -0.39 is 57.5 Å². The number of hydrogen-bond donors (Lipinski definition) is 2. The number of primary amides is 1. The van der Waals surface area contributed by atoms with Gasteiger partial charge in [0.2, 0.25) is 5.91 Å². The van der Waals surface area contributed by atoms with Crippen molar-refractivity contribution in [2.45, 2.75) is 19.1 Å². The molecule has 0 radical (unpaired) electrons. The first kappa shape index (κ1) is 29.2. The molecule has 0 spiro atoms. The third kappa shape index (κ3) is 5.75. The van der Waals surface area contributed by atoms with Crippen LogP contribution in [0.3, 0.4) is 0 Å². The van der Waals surface area contributed by atoms with E-state index >= 15 is 4.39 Å². The SMILES string of the molecule is COc1cn([C@@H](C)C(=O)Nc2ccc(C(N)=O)c(F)c2)c(=O)cc1-c1c(-n2cc(C(F)(F)F)nn2)ccc(Cl)c1F. The molecular weight excluding hydrogens is 579 g/mol. The molecule has 0 unspecified atom stereocenters. The average molecular weight is 597 g/mol. The van der Waals surface area contributed by atoms with Crippen molar-refractivity contribution in [2.24, 2.45) is 5.73 Å². The van der Waals surface area contributed by atoms with Crippen molar-refractivity contribution in [3.05, 3.63) is 87.1 Å². The van der Waals surface area contributed by atoms with Crippen LogP contribution in [0.1, 0.15) is 29.0 Å². The van der Waals surface area contributed by atoms with E-state index in [2.05, 4.69) is 15.6 Å². The van der Waals surface area contributed by atoms with Gasteiger partial charge in [0.1, 0.15) is 17.6 Å². The Labute approximate surface area is 232 Å². The van der Waals surface area contributed by atoms with Gasteiger partial charge in [-0.15, -0.1) is 5.10 Å². The van der Waals surface area contributed by atoms with Gasteiger partial charge < -0.3 is 15.8 Å². The van der Waals surface area contributed by atoms with Gasteiger partial charge in [-0.25, -0.2) is 13.5 Å². The molecule has 0 aliphatic heterocycles. The van der Waals surface area contributed by atoms with Gasteiger partial charge in [0.05, 0.1) is 35.8 Å². The summed E-state index contributed by atoms with van der Waals surface area (Å²) in [4.78, 5) is 37.2. The molecule has 0 saturated heterocycles. The second-order valence-electron chi connectivity index (χ2n) is 8.53. The first-order valence-corrected chi connectivity index (χ1v) is 11.8. The number of anilines is 1. The van der Waals surface area contributed by atoms with E-state index in [1.807, 2.05) is 0 Å². The third-order valence-corrected chi connectivity index (χ3v) is 6.23. The van der Waals surface area contributed by atoms with Gasteiger partial charge in [0.15, 0.2) is 11.5 Å². The fourth-order valence-electron chi connectivity index (χ4n) is 3.85. The summed E-state index contributed by atoms with van der Waals surface area (Å²) in [6.45, 7) is 1.34. The van der Waals surface area contributed by atoms with Crippen LogP contribution in [0.15, 0.2) is 53.6 Å². The van der Waals surface area contributed by atoms with Crippen molar-refractivity contribution < 1.29 is 36.3 Å². The molecule has 214 valence electrons. The molecule has 2 heterocycles. The van der Waals surface area contributed by atoms with Gasteiger partial charge >= 0.3 is 6.18 Å². The van der Waals surface area contributed by atoms with Crippen molar-refractivity contribution in [1.82, 2.24) is 19.6 Å². The van der Waals surface area contributed by atoms with Crippen LogP contribution in [0.2, 0.25) is 5.02 Å². The first-order chi connectivity index (χ1) is 19.2. The maximum atomic E-state index is 15.4. The number of alkyl halides is 3. The Bertz CT molecular complexity index is 1740. The van der Waals surface area contributed by atoms with E-state index in [0.29, 0.717) is 10.9 Å². The number of pyridine rings is 1. The van der Waals surface area contributed by atoms with Crippen LogP contribution in [0, 0.1) is 11.6 Å². The molecular formula is C25H18ClF5N6O4. The summed E-state index contributed by atoms with van der Waals surface area (Å²) in [5.41, 5.74) is 1.61. The maximum Gasteiger partial charge on any atom is 0.436 e. The molecule has 41 heavy (non-hydrogen) atoms. The van der Waals surface area contributed by atoms with Crippen molar-refractivity contribution in [1.29, 1.82) is 0 Å². The molecule has 1 atom stereocenters. The third-order valence-electron chi connectivity index (χ3n) is 5.94. The lowest BCUT2D eigenvalue weighted by atomic mass is 10.0. The van der Waals surface area contributed by atoms with Gasteiger partial charge in [-0.1, -0.05) is 16.8 Å². The van der Waals surface area contributed by atoms with E-state index in [0.717, 1.165) is 35.0 Å². The minimum absolute atomic E-state index is 0.0299. The van der Waals surface area contributed by atoms with Crippen molar-refractivity contribution in [3.8, 4) is 22.6 Å². The second-order valence-corrected chi connectivity index (χ2v) is 8.93. The van der Waals surface area contributed by atoms with Crippen LogP contribution >= 0.6 is 11.6 Å². The number of nitrogens with two attached hydrogens (primary N) is 1. The van der Waals surface area contributed by atoms with Crippen LogP contribution in [-0.2, 0) is 11.0 Å². The Balaban J connectivity index is 1.75. The molecule has 10 nitrogen and oxygen atoms in total. The number of halogens is 6. The minimum atomic E-state index is -4.83. The van der Waals surface area contributed by atoms with Crippen LogP contribution in [0.5, 0.6) is 5.75 Å². The van der Waals surface area contributed by atoms with Gasteiger partial charge in [0, 0.05) is 22.9 Å². The zero-order chi connectivity index (χ0) is 30.2. The number of benzene rings is 2. The van der Waals surface area contributed by atoms with Crippen LogP contribution in [0.25, 0.3) is 16.8 Å². The highest BCUT2D eigenvalue weighted by molar-refractivity contribution is 6.31. The van der Waals surface area contributed by atoms with E-state index in [-0.39, 0.29) is 28.3 Å². The van der Waals surface area contributed by atoms with Crippen LogP contribution < -0.4 is 21.3 Å². The second kappa shape index (κ2) is 11.0. The predicted molar refractivity (Wildman–Crippen MR) is 136 cm³/mol. The zero-order valence-electron chi connectivity index (χ0n) is 21.0. The number of methoxy groups -OCH3 is 1. The van der Waals surface area contributed by atoms with Gasteiger partial charge in [-0.3, -0.25) is 19.0 Å². The molecule has 3 N–H and O–H groups in total. The van der Waals surface area contributed by atoms with E-state index in [4.69, 9.17) is 22.1 Å².